The molecule has 3 heterocycles. The molecule has 10 heteroatoms. The van der Waals surface area contributed by atoms with Gasteiger partial charge >= 0.3 is 0 Å². The lowest BCUT2D eigenvalue weighted by atomic mass is 10.2. The van der Waals surface area contributed by atoms with Crippen LogP contribution < -0.4 is 10.0 Å². The van der Waals surface area contributed by atoms with E-state index in [1.165, 1.54) is 18.0 Å². The van der Waals surface area contributed by atoms with Crippen LogP contribution in [-0.4, -0.2) is 33.2 Å². The number of hydrogen-bond donors (Lipinski definition) is 3. The Morgan fingerprint density at radius 3 is 3.07 bits per heavy atom. The Hall–Kier alpha value is -2.12. The Morgan fingerprint density at radius 1 is 1.59 bits per heavy atom. The summed E-state index contributed by atoms with van der Waals surface area (Å²) in [6.07, 6.45) is 1.67. The van der Waals surface area contributed by atoms with Gasteiger partial charge in [0.15, 0.2) is 0 Å². The Kier molecular flexibility index (Phi) is 6.01. The Morgan fingerprint density at radius 2 is 2.37 bits per heavy atom. The molecule has 1 aliphatic heterocycles. The number of carbonyl (C=O) groups is 1. The molecular weight excluding hydrogens is 393 g/mol. The number of nitrogens with zero attached hydrogens (tertiary/aromatic N) is 3. The molecule has 0 aromatic carbocycles. The lowest BCUT2D eigenvalue weighted by Gasteiger charge is -2.10. The van der Waals surface area contributed by atoms with Crippen LogP contribution in [0.2, 0.25) is 5.02 Å². The maximum atomic E-state index is 13.5. The van der Waals surface area contributed by atoms with E-state index in [0.29, 0.717) is 17.3 Å². The molecule has 2 aromatic heterocycles. The van der Waals surface area contributed by atoms with Crippen LogP contribution in [0, 0.1) is 17.3 Å². The smallest absolute Gasteiger partial charge is 0.273 e. The van der Waals surface area contributed by atoms with Gasteiger partial charge in [0.05, 0.1) is 16.5 Å². The molecule has 2 aromatic rings. The van der Waals surface area contributed by atoms with Crippen molar-refractivity contribution in [2.75, 3.05) is 11.9 Å². The number of aromatic nitrogens is 2. The molecule has 0 saturated heterocycles. The van der Waals surface area contributed by atoms with Crippen molar-refractivity contribution in [1.29, 1.82) is 5.26 Å². The number of carbonyl (C=O) groups excluding carboxylic acids is 1. The van der Waals surface area contributed by atoms with Crippen molar-refractivity contribution in [2.24, 2.45) is 0 Å². The molecule has 1 atom stereocenters. The number of hydrogen-bond acceptors (Lipinski definition) is 6. The molecule has 1 amide bonds. The molecule has 7 nitrogen and oxygen atoms in total. The summed E-state index contributed by atoms with van der Waals surface area (Å²) < 4.78 is 18.4. The summed E-state index contributed by atoms with van der Waals surface area (Å²) in [6, 6.07) is 3.95. The highest BCUT2D eigenvalue weighted by atomic mass is 35.5. The molecule has 1 unspecified atom stereocenters. The van der Waals surface area contributed by atoms with Crippen molar-refractivity contribution >= 4 is 35.1 Å². The van der Waals surface area contributed by atoms with Crippen LogP contribution >= 0.6 is 23.5 Å². The second-order valence-corrected chi connectivity index (χ2v) is 7.35. The standard InChI is InChI=1S/C17H17ClFN5O2S/c1-9(8-25)23-27-16-12-3-2-4-24(12)15(14(16)18)17(26)22-10-5-11(7-20)21-13(19)6-10/h5-6,9,23,25H,2-4,8H2,1H3,(H,21,22,26). The SMILES string of the molecule is CC(CO)NSc1c(Cl)c(C(=O)Nc2cc(F)nc(C#N)c2)n2c1CCC2. The number of pyridine rings is 1. The number of nitrogens with one attached hydrogen (secondary N) is 2. The minimum Gasteiger partial charge on any atom is -0.395 e. The first-order chi connectivity index (χ1) is 12.9. The molecule has 0 fully saturated rings. The predicted octanol–water partition coefficient (Wildman–Crippen LogP) is 2.72. The van der Waals surface area contributed by atoms with Crippen LogP contribution in [0.5, 0.6) is 0 Å². The molecule has 0 spiro atoms. The van der Waals surface area contributed by atoms with Crippen molar-refractivity contribution in [1.82, 2.24) is 14.3 Å². The van der Waals surface area contributed by atoms with Gasteiger partial charge in [-0.3, -0.25) is 9.52 Å². The topological polar surface area (TPSA) is 103 Å². The third-order valence-corrected chi connectivity index (χ3v) is 5.72. The van der Waals surface area contributed by atoms with E-state index in [-0.39, 0.29) is 24.0 Å². The summed E-state index contributed by atoms with van der Waals surface area (Å²) in [5, 5.41) is 20.9. The fraction of sp³-hybridized carbons (Fsp3) is 0.353. The molecule has 1 aliphatic rings. The van der Waals surface area contributed by atoms with E-state index in [2.05, 4.69) is 15.0 Å². The highest BCUT2D eigenvalue weighted by Crippen LogP contribution is 2.39. The maximum Gasteiger partial charge on any atom is 0.273 e. The van der Waals surface area contributed by atoms with Crippen molar-refractivity contribution < 1.29 is 14.3 Å². The second-order valence-electron chi connectivity index (χ2n) is 6.13. The van der Waals surface area contributed by atoms with Crippen LogP contribution in [0.1, 0.15) is 35.2 Å². The van der Waals surface area contributed by atoms with Gasteiger partial charge in [0, 0.05) is 30.0 Å². The summed E-state index contributed by atoms with van der Waals surface area (Å²) >= 11 is 7.76. The number of aliphatic hydroxyl groups excluding tert-OH is 1. The van der Waals surface area contributed by atoms with Gasteiger partial charge < -0.3 is 15.0 Å². The van der Waals surface area contributed by atoms with Gasteiger partial charge in [0.1, 0.15) is 17.5 Å². The van der Waals surface area contributed by atoms with Crippen LogP contribution in [-0.2, 0) is 13.0 Å². The van der Waals surface area contributed by atoms with Gasteiger partial charge in [0.25, 0.3) is 5.91 Å². The molecule has 3 N–H and O–H groups in total. The van der Waals surface area contributed by atoms with Gasteiger partial charge in [-0.2, -0.15) is 9.65 Å². The van der Waals surface area contributed by atoms with Crippen LogP contribution in [0.3, 0.4) is 0 Å². The lowest BCUT2D eigenvalue weighted by molar-refractivity contribution is 0.101. The second kappa shape index (κ2) is 8.27. The molecule has 0 aliphatic carbocycles. The minimum atomic E-state index is -0.853. The monoisotopic (exact) mass is 409 g/mol. The predicted molar refractivity (Wildman–Crippen MR) is 100 cm³/mol. The number of nitriles is 1. The number of fused-ring (bicyclic) bond motifs is 1. The van der Waals surface area contributed by atoms with Gasteiger partial charge in [-0.1, -0.05) is 11.6 Å². The normalized spacial score (nSPS) is 13.9. The zero-order chi connectivity index (χ0) is 19.6. The van der Waals surface area contributed by atoms with Crippen LogP contribution in [0.4, 0.5) is 10.1 Å². The summed E-state index contributed by atoms with van der Waals surface area (Å²) in [5.41, 5.74) is 1.25. The van der Waals surface area contributed by atoms with Gasteiger partial charge in [-0.25, -0.2) is 4.98 Å². The molecule has 142 valence electrons. The fourth-order valence-corrected chi connectivity index (χ4v) is 4.17. The van der Waals surface area contributed by atoms with Crippen LogP contribution in [0.15, 0.2) is 17.0 Å². The van der Waals surface area contributed by atoms with E-state index in [1.807, 2.05) is 11.5 Å². The first-order valence-electron chi connectivity index (χ1n) is 8.27. The molecule has 0 bridgehead atoms. The molecule has 0 saturated carbocycles. The number of halogens is 2. The van der Waals surface area contributed by atoms with Gasteiger partial charge in [-0.05, 0) is 37.8 Å². The molecular formula is C17H17ClFN5O2S. The average Bonchev–Trinajstić information content (AvgIpc) is 3.19. The third-order valence-electron chi connectivity index (χ3n) is 4.08. The number of aliphatic hydroxyl groups is 1. The van der Waals surface area contributed by atoms with Gasteiger partial charge in [-0.15, -0.1) is 0 Å². The van der Waals surface area contributed by atoms with E-state index in [1.54, 1.807) is 6.07 Å². The number of anilines is 1. The van der Waals surface area contributed by atoms with Gasteiger partial charge in [0.2, 0.25) is 5.95 Å². The van der Waals surface area contributed by atoms with E-state index < -0.39 is 11.9 Å². The fourth-order valence-electron chi connectivity index (χ4n) is 2.85. The Labute approximate surface area is 164 Å². The summed E-state index contributed by atoms with van der Waals surface area (Å²) in [4.78, 5) is 17.0. The van der Waals surface area contributed by atoms with Crippen molar-refractivity contribution in [2.45, 2.75) is 37.2 Å². The van der Waals surface area contributed by atoms with Crippen molar-refractivity contribution in [3.8, 4) is 6.07 Å². The minimum absolute atomic E-state index is 0.0250. The van der Waals surface area contributed by atoms with Crippen molar-refractivity contribution in [3.63, 3.8) is 0 Å². The average molecular weight is 410 g/mol. The third kappa shape index (κ3) is 4.09. The zero-order valence-electron chi connectivity index (χ0n) is 14.4. The maximum absolute atomic E-state index is 13.5. The largest absolute Gasteiger partial charge is 0.395 e. The molecule has 0 radical (unpaired) electrons. The first kappa shape index (κ1) is 19.6. The highest BCUT2D eigenvalue weighted by molar-refractivity contribution is 7.97. The quantitative estimate of drug-likeness (QED) is 0.500. The van der Waals surface area contributed by atoms with E-state index in [9.17, 15) is 9.18 Å². The highest BCUT2D eigenvalue weighted by Gasteiger charge is 2.29. The van der Waals surface area contributed by atoms with E-state index in [4.69, 9.17) is 22.0 Å². The zero-order valence-corrected chi connectivity index (χ0v) is 16.0. The molecule has 27 heavy (non-hydrogen) atoms. The summed E-state index contributed by atoms with van der Waals surface area (Å²) in [6.45, 7) is 2.46. The summed E-state index contributed by atoms with van der Waals surface area (Å²) in [7, 11) is 0. The van der Waals surface area contributed by atoms with E-state index in [0.717, 1.165) is 29.5 Å². The Bertz CT molecular complexity index is 927. The first-order valence-corrected chi connectivity index (χ1v) is 9.47. The molecule has 3 rings (SSSR count). The Balaban J connectivity index is 1.89. The van der Waals surface area contributed by atoms with E-state index >= 15 is 0 Å². The van der Waals surface area contributed by atoms with Crippen LogP contribution in [0.25, 0.3) is 0 Å². The summed E-state index contributed by atoms with van der Waals surface area (Å²) in [5.74, 6) is -1.34. The number of amides is 1. The van der Waals surface area contributed by atoms with Crippen molar-refractivity contribution in [3.05, 3.63) is 40.2 Å². The number of rotatable bonds is 6. The lowest BCUT2D eigenvalue weighted by Crippen LogP contribution is -2.22.